The lowest BCUT2D eigenvalue weighted by Gasteiger charge is -2.05. The van der Waals surface area contributed by atoms with Crippen molar-refractivity contribution in [2.75, 3.05) is 19.7 Å². The van der Waals surface area contributed by atoms with E-state index in [9.17, 15) is 0 Å². The molecule has 0 atom stereocenters. The standard InChI is InChI=1S/C10H17NOS/c1-3-11-5-4-6-12-10-8-13-7-9(10)2/h7-8,11H,3-6H2,1-2H3. The highest BCUT2D eigenvalue weighted by Gasteiger charge is 1.98. The fraction of sp³-hybridized carbons (Fsp3) is 0.600. The smallest absolute Gasteiger partial charge is 0.132 e. The first-order valence-electron chi connectivity index (χ1n) is 4.71. The summed E-state index contributed by atoms with van der Waals surface area (Å²) < 4.78 is 5.59. The molecule has 1 heterocycles. The summed E-state index contributed by atoms with van der Waals surface area (Å²) in [5.41, 5.74) is 1.24. The quantitative estimate of drug-likeness (QED) is 0.710. The highest BCUT2D eigenvalue weighted by atomic mass is 32.1. The molecule has 0 aromatic carbocycles. The summed E-state index contributed by atoms with van der Waals surface area (Å²) in [5, 5.41) is 7.43. The summed E-state index contributed by atoms with van der Waals surface area (Å²) in [5.74, 6) is 1.04. The maximum absolute atomic E-state index is 5.59. The van der Waals surface area contributed by atoms with Gasteiger partial charge in [0, 0.05) is 10.9 Å². The van der Waals surface area contributed by atoms with Crippen LogP contribution in [0.3, 0.4) is 0 Å². The van der Waals surface area contributed by atoms with Gasteiger partial charge in [-0.1, -0.05) is 6.92 Å². The van der Waals surface area contributed by atoms with Gasteiger partial charge < -0.3 is 10.1 Å². The highest BCUT2D eigenvalue weighted by molar-refractivity contribution is 7.08. The van der Waals surface area contributed by atoms with Crippen LogP contribution in [-0.2, 0) is 0 Å². The van der Waals surface area contributed by atoms with Crippen LogP contribution in [0, 0.1) is 6.92 Å². The molecule has 1 N–H and O–H groups in total. The summed E-state index contributed by atoms with van der Waals surface area (Å²) in [6, 6.07) is 0. The maximum Gasteiger partial charge on any atom is 0.132 e. The van der Waals surface area contributed by atoms with Crippen LogP contribution in [0.1, 0.15) is 18.9 Å². The molecule has 74 valence electrons. The van der Waals surface area contributed by atoms with Crippen LogP contribution in [0.25, 0.3) is 0 Å². The van der Waals surface area contributed by atoms with E-state index in [1.54, 1.807) is 11.3 Å². The summed E-state index contributed by atoms with van der Waals surface area (Å²) in [6.45, 7) is 7.09. The van der Waals surface area contributed by atoms with Crippen molar-refractivity contribution < 1.29 is 4.74 Å². The van der Waals surface area contributed by atoms with Gasteiger partial charge in [0.15, 0.2) is 0 Å². The Labute approximate surface area is 83.9 Å². The minimum atomic E-state index is 0.810. The van der Waals surface area contributed by atoms with Crippen molar-refractivity contribution in [1.29, 1.82) is 0 Å². The molecule has 0 saturated heterocycles. The molecule has 0 radical (unpaired) electrons. The second-order valence-electron chi connectivity index (χ2n) is 2.97. The molecular weight excluding hydrogens is 182 g/mol. The Morgan fingerprint density at radius 2 is 2.31 bits per heavy atom. The molecule has 1 aromatic rings. The van der Waals surface area contributed by atoms with E-state index in [1.807, 2.05) is 0 Å². The first-order valence-corrected chi connectivity index (χ1v) is 5.65. The Kier molecular flexibility index (Phi) is 4.86. The number of rotatable bonds is 6. The van der Waals surface area contributed by atoms with E-state index in [1.165, 1.54) is 5.56 Å². The van der Waals surface area contributed by atoms with Gasteiger partial charge in [-0.05, 0) is 31.8 Å². The van der Waals surface area contributed by atoms with Crippen LogP contribution in [-0.4, -0.2) is 19.7 Å². The van der Waals surface area contributed by atoms with E-state index in [-0.39, 0.29) is 0 Å². The van der Waals surface area contributed by atoms with E-state index in [4.69, 9.17) is 4.74 Å². The molecule has 0 aliphatic heterocycles. The third-order valence-corrected chi connectivity index (χ3v) is 2.65. The van der Waals surface area contributed by atoms with Crippen molar-refractivity contribution in [2.45, 2.75) is 20.3 Å². The Bertz CT molecular complexity index is 235. The highest BCUT2D eigenvalue weighted by Crippen LogP contribution is 2.21. The predicted molar refractivity (Wildman–Crippen MR) is 57.7 cm³/mol. The van der Waals surface area contributed by atoms with Gasteiger partial charge >= 0.3 is 0 Å². The molecule has 2 nitrogen and oxygen atoms in total. The SMILES string of the molecule is CCNCCCOc1cscc1C. The zero-order valence-corrected chi connectivity index (χ0v) is 9.12. The van der Waals surface area contributed by atoms with Crippen LogP contribution >= 0.6 is 11.3 Å². The monoisotopic (exact) mass is 199 g/mol. The minimum Gasteiger partial charge on any atom is -0.492 e. The predicted octanol–water partition coefficient (Wildman–Crippen LogP) is 2.43. The molecular formula is C10H17NOS. The van der Waals surface area contributed by atoms with E-state index < -0.39 is 0 Å². The molecule has 0 amide bonds. The summed E-state index contributed by atoms with van der Waals surface area (Å²) >= 11 is 1.69. The lowest BCUT2D eigenvalue weighted by molar-refractivity contribution is 0.308. The second kappa shape index (κ2) is 6.00. The number of hydrogen-bond acceptors (Lipinski definition) is 3. The fourth-order valence-electron chi connectivity index (χ4n) is 1.05. The fourth-order valence-corrected chi connectivity index (χ4v) is 1.82. The summed E-state index contributed by atoms with van der Waals surface area (Å²) in [4.78, 5) is 0. The van der Waals surface area contributed by atoms with Crippen LogP contribution in [0.2, 0.25) is 0 Å². The van der Waals surface area contributed by atoms with Gasteiger partial charge in [0.1, 0.15) is 5.75 Å². The van der Waals surface area contributed by atoms with Gasteiger partial charge in [-0.25, -0.2) is 0 Å². The van der Waals surface area contributed by atoms with Crippen molar-refractivity contribution >= 4 is 11.3 Å². The molecule has 3 heteroatoms. The third kappa shape index (κ3) is 3.79. The Balaban J connectivity index is 2.10. The molecule has 1 rings (SSSR count). The largest absolute Gasteiger partial charge is 0.492 e. The number of ether oxygens (including phenoxy) is 1. The van der Waals surface area contributed by atoms with Crippen LogP contribution in [0.4, 0.5) is 0 Å². The van der Waals surface area contributed by atoms with Gasteiger partial charge in [0.05, 0.1) is 6.61 Å². The molecule has 1 aromatic heterocycles. The van der Waals surface area contributed by atoms with E-state index >= 15 is 0 Å². The molecule has 0 spiro atoms. The molecule has 0 saturated carbocycles. The Hall–Kier alpha value is -0.540. The number of hydrogen-bond donors (Lipinski definition) is 1. The maximum atomic E-state index is 5.59. The minimum absolute atomic E-state index is 0.810. The molecule has 0 fully saturated rings. The van der Waals surface area contributed by atoms with Gasteiger partial charge in [-0.2, -0.15) is 0 Å². The van der Waals surface area contributed by atoms with Gasteiger partial charge in [-0.3, -0.25) is 0 Å². The van der Waals surface area contributed by atoms with Crippen LogP contribution in [0.5, 0.6) is 5.75 Å². The summed E-state index contributed by atoms with van der Waals surface area (Å²) in [7, 11) is 0. The van der Waals surface area contributed by atoms with E-state index in [0.717, 1.165) is 31.9 Å². The van der Waals surface area contributed by atoms with Gasteiger partial charge in [0.25, 0.3) is 0 Å². The van der Waals surface area contributed by atoms with Crippen molar-refractivity contribution in [3.05, 3.63) is 16.3 Å². The third-order valence-electron chi connectivity index (χ3n) is 1.81. The zero-order valence-electron chi connectivity index (χ0n) is 8.30. The molecule has 13 heavy (non-hydrogen) atoms. The second-order valence-corrected chi connectivity index (χ2v) is 3.72. The van der Waals surface area contributed by atoms with Gasteiger partial charge in [0.2, 0.25) is 0 Å². The molecule has 0 unspecified atom stereocenters. The molecule has 0 aliphatic carbocycles. The number of nitrogens with one attached hydrogen (secondary N) is 1. The first kappa shape index (κ1) is 10.5. The van der Waals surface area contributed by atoms with Crippen LogP contribution < -0.4 is 10.1 Å². The van der Waals surface area contributed by atoms with Crippen molar-refractivity contribution in [3.63, 3.8) is 0 Å². The van der Waals surface area contributed by atoms with E-state index in [2.05, 4.69) is 29.9 Å². The molecule has 0 bridgehead atoms. The Morgan fingerprint density at radius 1 is 1.46 bits per heavy atom. The lowest BCUT2D eigenvalue weighted by Crippen LogP contribution is -2.16. The summed E-state index contributed by atoms with van der Waals surface area (Å²) in [6.07, 6.45) is 1.07. The first-order chi connectivity index (χ1) is 6.34. The normalized spacial score (nSPS) is 10.3. The molecule has 0 aliphatic rings. The average molecular weight is 199 g/mol. The topological polar surface area (TPSA) is 21.3 Å². The van der Waals surface area contributed by atoms with Crippen molar-refractivity contribution in [3.8, 4) is 5.75 Å². The number of aryl methyl sites for hydroxylation is 1. The lowest BCUT2D eigenvalue weighted by atomic mass is 10.3. The van der Waals surface area contributed by atoms with Crippen molar-refractivity contribution in [2.24, 2.45) is 0 Å². The van der Waals surface area contributed by atoms with E-state index in [0.29, 0.717) is 0 Å². The average Bonchev–Trinajstić information content (AvgIpc) is 2.52. The van der Waals surface area contributed by atoms with Crippen molar-refractivity contribution in [1.82, 2.24) is 5.32 Å². The Morgan fingerprint density at radius 3 is 2.92 bits per heavy atom. The zero-order chi connectivity index (χ0) is 9.52. The number of thiophene rings is 1. The van der Waals surface area contributed by atoms with Gasteiger partial charge in [-0.15, -0.1) is 11.3 Å². The van der Waals surface area contributed by atoms with Crippen LogP contribution in [0.15, 0.2) is 10.8 Å².